The summed E-state index contributed by atoms with van der Waals surface area (Å²) in [7, 11) is 0. The number of amides is 1. The molecule has 3 heterocycles. The third-order valence-electron chi connectivity index (χ3n) is 6.74. The van der Waals surface area contributed by atoms with Crippen molar-refractivity contribution in [2.24, 2.45) is 5.92 Å². The molecule has 0 bridgehead atoms. The second-order valence-electron chi connectivity index (χ2n) is 8.93. The Morgan fingerprint density at radius 2 is 2.03 bits per heavy atom. The number of fused-ring (bicyclic) bond motifs is 1. The van der Waals surface area contributed by atoms with Crippen LogP contribution in [0.25, 0.3) is 11.3 Å². The van der Waals surface area contributed by atoms with Gasteiger partial charge in [-0.2, -0.15) is 0 Å². The van der Waals surface area contributed by atoms with Crippen molar-refractivity contribution in [2.45, 2.75) is 52.1 Å². The zero-order valence-electron chi connectivity index (χ0n) is 18.9. The van der Waals surface area contributed by atoms with Crippen molar-refractivity contribution in [3.63, 3.8) is 0 Å². The first kappa shape index (κ1) is 22.3. The number of anilines is 1. The molecule has 1 atom stereocenters. The maximum Gasteiger partial charge on any atom is 0.320 e. The molecule has 7 nitrogen and oxygen atoms in total. The molecule has 0 saturated carbocycles. The average Bonchev–Trinajstić information content (AvgIpc) is 2.82. The van der Waals surface area contributed by atoms with Crippen LogP contribution < -0.4 is 10.6 Å². The van der Waals surface area contributed by atoms with Gasteiger partial charge in [0.15, 0.2) is 0 Å². The first-order chi connectivity index (χ1) is 15.4. The molecule has 3 N–H and O–H groups in total. The Morgan fingerprint density at radius 1 is 1.25 bits per heavy atom. The van der Waals surface area contributed by atoms with Crippen LogP contribution >= 0.6 is 0 Å². The molecule has 7 heteroatoms. The van der Waals surface area contributed by atoms with Crippen LogP contribution in [0.4, 0.5) is 5.82 Å². The molecule has 0 spiro atoms. The number of aromatic nitrogens is 1. The molecular weight excluding hydrogens is 404 g/mol. The van der Waals surface area contributed by atoms with Crippen LogP contribution in [0.3, 0.4) is 0 Å². The summed E-state index contributed by atoms with van der Waals surface area (Å²) in [6.07, 6.45) is 3.58. The third-order valence-corrected chi connectivity index (χ3v) is 6.74. The number of carboxylic acid groups (broad SMARTS) is 1. The number of rotatable bonds is 6. The number of hydrogen-bond acceptors (Lipinski definition) is 5. The van der Waals surface area contributed by atoms with Gasteiger partial charge in [0, 0.05) is 24.6 Å². The van der Waals surface area contributed by atoms with Gasteiger partial charge in [-0.1, -0.05) is 18.2 Å². The predicted molar refractivity (Wildman–Crippen MR) is 124 cm³/mol. The fourth-order valence-electron chi connectivity index (χ4n) is 4.57. The number of piperidine rings is 1. The summed E-state index contributed by atoms with van der Waals surface area (Å²) in [6, 6.07) is 9.99. The van der Waals surface area contributed by atoms with Gasteiger partial charge in [0.05, 0.1) is 5.69 Å². The number of nitrogens with zero attached hydrogens (tertiary/aromatic N) is 2. The monoisotopic (exact) mass is 436 g/mol. The second kappa shape index (κ2) is 9.69. The number of carboxylic acids is 1. The first-order valence-corrected chi connectivity index (χ1v) is 11.5. The molecular formula is C25H32N4O3. The molecule has 1 saturated heterocycles. The fourth-order valence-corrected chi connectivity index (χ4v) is 4.57. The van der Waals surface area contributed by atoms with Gasteiger partial charge in [0.25, 0.3) is 0 Å². The Kier molecular flexibility index (Phi) is 6.74. The van der Waals surface area contributed by atoms with Gasteiger partial charge in [-0.25, -0.2) is 4.98 Å². The van der Waals surface area contributed by atoms with E-state index in [1.807, 2.05) is 11.0 Å². The van der Waals surface area contributed by atoms with E-state index in [0.29, 0.717) is 32.5 Å². The topological polar surface area (TPSA) is 94.6 Å². The first-order valence-electron chi connectivity index (χ1n) is 11.5. The maximum absolute atomic E-state index is 12.7. The third kappa shape index (κ3) is 4.93. The molecule has 1 aromatic carbocycles. The molecule has 1 aromatic heterocycles. The van der Waals surface area contributed by atoms with Gasteiger partial charge in [0.2, 0.25) is 5.91 Å². The lowest BCUT2D eigenvalue weighted by Gasteiger charge is -2.33. The lowest BCUT2D eigenvalue weighted by atomic mass is 9.94. The predicted octanol–water partition coefficient (Wildman–Crippen LogP) is 3.22. The van der Waals surface area contributed by atoms with Crippen molar-refractivity contribution in [1.29, 1.82) is 0 Å². The number of aryl methyl sites for hydroxylation is 2. The normalized spacial score (nSPS) is 17.8. The molecule has 1 fully saturated rings. The van der Waals surface area contributed by atoms with Gasteiger partial charge in [0.1, 0.15) is 11.9 Å². The van der Waals surface area contributed by atoms with Crippen LogP contribution in [0.5, 0.6) is 0 Å². The second-order valence-corrected chi connectivity index (χ2v) is 8.93. The highest BCUT2D eigenvalue weighted by Gasteiger charge is 2.29. The Morgan fingerprint density at radius 3 is 2.78 bits per heavy atom. The number of aliphatic carboxylic acids is 1. The van der Waals surface area contributed by atoms with Crippen molar-refractivity contribution in [2.75, 3.05) is 25.0 Å². The van der Waals surface area contributed by atoms with Crippen LogP contribution in [-0.4, -0.2) is 52.5 Å². The number of benzene rings is 1. The summed E-state index contributed by atoms with van der Waals surface area (Å²) in [4.78, 5) is 30.6. The highest BCUT2D eigenvalue weighted by Crippen LogP contribution is 2.28. The zero-order chi connectivity index (χ0) is 22.7. The summed E-state index contributed by atoms with van der Waals surface area (Å²) in [5, 5.41) is 15.6. The molecule has 32 heavy (non-hydrogen) atoms. The van der Waals surface area contributed by atoms with E-state index in [-0.39, 0.29) is 11.8 Å². The minimum Gasteiger partial charge on any atom is -0.480 e. The van der Waals surface area contributed by atoms with E-state index >= 15 is 0 Å². The number of likely N-dealkylation sites (tertiary alicyclic amines) is 1. The summed E-state index contributed by atoms with van der Waals surface area (Å²) < 4.78 is 0. The van der Waals surface area contributed by atoms with Gasteiger partial charge < -0.3 is 15.7 Å². The Balaban J connectivity index is 1.37. The Labute approximate surface area is 189 Å². The number of nitrogens with one attached hydrogen (secondary N) is 2. The van der Waals surface area contributed by atoms with E-state index in [2.05, 4.69) is 41.8 Å². The minimum atomic E-state index is -0.813. The molecule has 2 aliphatic rings. The van der Waals surface area contributed by atoms with Crippen LogP contribution in [0, 0.1) is 12.8 Å². The largest absolute Gasteiger partial charge is 0.480 e. The van der Waals surface area contributed by atoms with Crippen molar-refractivity contribution >= 4 is 17.7 Å². The average molecular weight is 437 g/mol. The molecule has 2 aromatic rings. The van der Waals surface area contributed by atoms with E-state index in [1.165, 1.54) is 5.56 Å². The lowest BCUT2D eigenvalue weighted by Crippen LogP contribution is -2.46. The number of carbonyl (C=O) groups is 2. The van der Waals surface area contributed by atoms with Crippen molar-refractivity contribution in [3.05, 3.63) is 47.0 Å². The van der Waals surface area contributed by atoms with E-state index < -0.39 is 12.0 Å². The van der Waals surface area contributed by atoms with Crippen molar-refractivity contribution in [1.82, 2.24) is 15.2 Å². The molecule has 1 unspecified atom stereocenters. The molecule has 170 valence electrons. The minimum absolute atomic E-state index is 0.0471. The Hall–Kier alpha value is -2.93. The van der Waals surface area contributed by atoms with E-state index in [4.69, 9.17) is 4.98 Å². The summed E-state index contributed by atoms with van der Waals surface area (Å²) in [5.74, 6) is 0.152. The van der Waals surface area contributed by atoms with Crippen molar-refractivity contribution in [3.8, 4) is 11.3 Å². The molecule has 2 aliphatic heterocycles. The molecule has 0 radical (unpaired) electrons. The number of pyridine rings is 1. The fraction of sp³-hybridized carbons (Fsp3) is 0.480. The smallest absolute Gasteiger partial charge is 0.320 e. The summed E-state index contributed by atoms with van der Waals surface area (Å²) in [6.45, 7) is 6.49. The van der Waals surface area contributed by atoms with E-state index in [0.717, 1.165) is 47.6 Å². The number of carbonyl (C=O) groups excluding carboxylic acids is 1. The van der Waals surface area contributed by atoms with Gasteiger partial charge in [-0.05, 0) is 81.4 Å². The highest BCUT2D eigenvalue weighted by atomic mass is 16.4. The summed E-state index contributed by atoms with van der Waals surface area (Å²) in [5.41, 5.74) is 5.50. The van der Waals surface area contributed by atoms with Crippen LogP contribution in [0.2, 0.25) is 0 Å². The van der Waals surface area contributed by atoms with Gasteiger partial charge in [-0.15, -0.1) is 0 Å². The van der Waals surface area contributed by atoms with Gasteiger partial charge >= 0.3 is 5.97 Å². The van der Waals surface area contributed by atoms with Crippen LogP contribution in [-0.2, 0) is 22.6 Å². The zero-order valence-corrected chi connectivity index (χ0v) is 18.9. The van der Waals surface area contributed by atoms with Crippen LogP contribution in [0.15, 0.2) is 30.3 Å². The van der Waals surface area contributed by atoms with E-state index in [9.17, 15) is 14.7 Å². The van der Waals surface area contributed by atoms with E-state index in [1.54, 1.807) is 6.92 Å². The maximum atomic E-state index is 12.7. The summed E-state index contributed by atoms with van der Waals surface area (Å²) >= 11 is 0. The molecule has 4 rings (SSSR count). The number of hydrogen-bond donors (Lipinski definition) is 3. The standard InChI is InChI=1S/C25H32N4O3/c1-16-5-6-18(14-21(16)22-8-7-19-4-3-11-26-23(19)28-22)15-27-24(30)20-9-12-29(13-10-20)17(2)25(31)32/h5-8,14,17,20H,3-4,9-13,15H2,1-2H3,(H,26,28)(H,27,30)(H,31,32). The Bertz CT molecular complexity index is 999. The van der Waals surface area contributed by atoms with Gasteiger partial charge in [-0.3, -0.25) is 14.5 Å². The quantitative estimate of drug-likeness (QED) is 0.644. The van der Waals surface area contributed by atoms with Crippen LogP contribution in [0.1, 0.15) is 42.9 Å². The molecule has 1 amide bonds. The lowest BCUT2D eigenvalue weighted by molar-refractivity contribution is -0.143. The van der Waals surface area contributed by atoms with Crippen molar-refractivity contribution < 1.29 is 14.7 Å². The molecule has 0 aliphatic carbocycles. The SMILES string of the molecule is Cc1ccc(CNC(=O)C2CCN(C(C)C(=O)O)CC2)cc1-c1ccc2c(n1)NCCC2. The highest BCUT2D eigenvalue weighted by molar-refractivity contribution is 5.79.